The van der Waals surface area contributed by atoms with Gasteiger partial charge in [0.1, 0.15) is 17.5 Å². The van der Waals surface area contributed by atoms with Crippen LogP contribution >= 0.6 is 0 Å². The van der Waals surface area contributed by atoms with Gasteiger partial charge in [-0.1, -0.05) is 50.8 Å². The van der Waals surface area contributed by atoms with Crippen LogP contribution in [0.15, 0.2) is 30.4 Å². The van der Waals surface area contributed by atoms with Crippen LogP contribution in [0, 0.1) is 35.2 Å². The minimum absolute atomic E-state index is 0.0402. The van der Waals surface area contributed by atoms with E-state index >= 15 is 8.78 Å². The van der Waals surface area contributed by atoms with E-state index in [1.165, 1.54) is 50.7 Å². The zero-order valence-electron chi connectivity index (χ0n) is 19.6. The number of allylic oxidation sites excluding steroid dienone is 2. The van der Waals surface area contributed by atoms with E-state index in [2.05, 4.69) is 6.92 Å². The van der Waals surface area contributed by atoms with Crippen LogP contribution in [0.3, 0.4) is 0 Å². The van der Waals surface area contributed by atoms with Gasteiger partial charge < -0.3 is 0 Å². The van der Waals surface area contributed by atoms with E-state index < -0.39 is 17.5 Å². The molecule has 2 saturated carbocycles. The lowest BCUT2D eigenvalue weighted by atomic mass is 9.63. The molecule has 32 heavy (non-hydrogen) atoms. The normalized spacial score (nSPS) is 26.0. The lowest BCUT2D eigenvalue weighted by Gasteiger charge is -2.42. The van der Waals surface area contributed by atoms with Crippen molar-refractivity contribution in [3.8, 4) is 0 Å². The third-order valence-electron chi connectivity index (χ3n) is 8.11. The predicted octanol–water partition coefficient (Wildman–Crippen LogP) is 9.26. The first-order valence-corrected chi connectivity index (χ1v) is 12.7. The Hall–Kier alpha value is -1.77. The number of aryl methyl sites for hydroxylation is 1. The van der Waals surface area contributed by atoms with E-state index in [-0.39, 0.29) is 16.9 Å². The van der Waals surface area contributed by atoms with E-state index in [9.17, 15) is 4.39 Å². The molecule has 0 amide bonds. The van der Waals surface area contributed by atoms with E-state index in [4.69, 9.17) is 0 Å². The van der Waals surface area contributed by atoms with Gasteiger partial charge in [0.2, 0.25) is 0 Å². The Kier molecular flexibility index (Phi) is 7.63. The van der Waals surface area contributed by atoms with E-state index in [1.807, 2.05) is 19.1 Å². The Morgan fingerprint density at radius 3 is 2.50 bits per heavy atom. The van der Waals surface area contributed by atoms with Crippen molar-refractivity contribution >= 4 is 10.8 Å². The lowest BCUT2D eigenvalue weighted by Crippen LogP contribution is -2.31. The molecular formula is C29H37F3. The number of rotatable bonds is 7. The van der Waals surface area contributed by atoms with Gasteiger partial charge >= 0.3 is 0 Å². The quantitative estimate of drug-likeness (QED) is 0.375. The molecule has 0 N–H and O–H groups in total. The van der Waals surface area contributed by atoms with E-state index in [1.54, 1.807) is 6.07 Å². The first-order chi connectivity index (χ1) is 15.5. The van der Waals surface area contributed by atoms with Crippen molar-refractivity contribution in [2.45, 2.75) is 90.4 Å². The number of unbranched alkanes of at least 4 members (excludes halogenated alkanes) is 1. The summed E-state index contributed by atoms with van der Waals surface area (Å²) in [7, 11) is 0. The summed E-state index contributed by atoms with van der Waals surface area (Å²) in [6.07, 6.45) is 15.7. The highest BCUT2D eigenvalue weighted by Crippen LogP contribution is 2.49. The molecule has 0 aliphatic heterocycles. The summed E-state index contributed by atoms with van der Waals surface area (Å²) in [5.41, 5.74) is 0.907. The molecule has 2 fully saturated rings. The van der Waals surface area contributed by atoms with Crippen molar-refractivity contribution in [2.24, 2.45) is 17.8 Å². The highest BCUT2D eigenvalue weighted by atomic mass is 19.1. The monoisotopic (exact) mass is 442 g/mol. The molecule has 0 radical (unpaired) electrons. The summed E-state index contributed by atoms with van der Waals surface area (Å²) in [5, 5.41) is 0.297. The Morgan fingerprint density at radius 2 is 1.72 bits per heavy atom. The summed E-state index contributed by atoms with van der Waals surface area (Å²) >= 11 is 0. The van der Waals surface area contributed by atoms with Gasteiger partial charge in [-0.25, -0.2) is 13.2 Å². The molecule has 2 aliphatic carbocycles. The third-order valence-corrected chi connectivity index (χ3v) is 8.11. The van der Waals surface area contributed by atoms with E-state index in [0.29, 0.717) is 23.6 Å². The molecule has 0 aromatic heterocycles. The maximum Gasteiger partial charge on any atom is 0.140 e. The molecule has 2 aromatic carbocycles. The topological polar surface area (TPSA) is 0 Å². The van der Waals surface area contributed by atoms with Crippen LogP contribution < -0.4 is 0 Å². The molecule has 4 rings (SSSR count). The largest absolute Gasteiger partial charge is 0.207 e. The molecule has 0 spiro atoms. The van der Waals surface area contributed by atoms with Gasteiger partial charge in [-0.2, -0.15) is 0 Å². The average Bonchev–Trinajstić information content (AvgIpc) is 2.77. The van der Waals surface area contributed by atoms with Gasteiger partial charge in [-0.15, -0.1) is 0 Å². The molecule has 174 valence electrons. The van der Waals surface area contributed by atoms with Gasteiger partial charge in [-0.05, 0) is 98.6 Å². The fourth-order valence-corrected chi connectivity index (χ4v) is 6.42. The first kappa shape index (κ1) is 23.4. The minimum atomic E-state index is -0.669. The molecule has 0 saturated heterocycles. The SMILES string of the molecule is C/C=C/CCc1cc(F)c2c(F)c([C@@H]3CC[C@@H]4CC(CCCC)CCC4C3)c(F)cc2c1. The molecular weight excluding hydrogens is 405 g/mol. The summed E-state index contributed by atoms with van der Waals surface area (Å²) in [5.74, 6) is 0.212. The molecule has 2 aromatic rings. The molecule has 0 bridgehead atoms. The molecule has 0 heterocycles. The molecule has 0 nitrogen and oxygen atoms in total. The Balaban J connectivity index is 1.55. The second-order valence-corrected chi connectivity index (χ2v) is 10.2. The summed E-state index contributed by atoms with van der Waals surface area (Å²) in [6.45, 7) is 4.19. The van der Waals surface area contributed by atoms with Crippen LogP contribution in [0.4, 0.5) is 13.2 Å². The number of fused-ring (bicyclic) bond motifs is 2. The summed E-state index contributed by atoms with van der Waals surface area (Å²) in [6, 6.07) is 4.53. The lowest BCUT2D eigenvalue weighted by molar-refractivity contribution is 0.112. The average molecular weight is 443 g/mol. The number of halogens is 3. The van der Waals surface area contributed by atoms with Crippen LogP contribution in [0.25, 0.3) is 10.8 Å². The first-order valence-electron chi connectivity index (χ1n) is 12.7. The van der Waals surface area contributed by atoms with Gasteiger partial charge in [0.05, 0.1) is 5.39 Å². The summed E-state index contributed by atoms with van der Waals surface area (Å²) < 4.78 is 45.7. The van der Waals surface area contributed by atoms with Gasteiger partial charge in [0, 0.05) is 5.56 Å². The molecule has 4 atom stereocenters. The minimum Gasteiger partial charge on any atom is -0.207 e. The molecule has 2 aliphatic rings. The van der Waals surface area contributed by atoms with Crippen molar-refractivity contribution in [2.75, 3.05) is 0 Å². The molecule has 2 unspecified atom stereocenters. The van der Waals surface area contributed by atoms with Crippen molar-refractivity contribution in [1.29, 1.82) is 0 Å². The van der Waals surface area contributed by atoms with Crippen molar-refractivity contribution in [3.05, 3.63) is 58.9 Å². The van der Waals surface area contributed by atoms with Crippen LogP contribution in [0.1, 0.15) is 95.1 Å². The number of hydrogen-bond acceptors (Lipinski definition) is 0. The van der Waals surface area contributed by atoms with Gasteiger partial charge in [-0.3, -0.25) is 0 Å². The van der Waals surface area contributed by atoms with Crippen LogP contribution in [-0.2, 0) is 6.42 Å². The highest BCUT2D eigenvalue weighted by Gasteiger charge is 2.37. The van der Waals surface area contributed by atoms with Crippen molar-refractivity contribution in [3.63, 3.8) is 0 Å². The highest BCUT2D eigenvalue weighted by molar-refractivity contribution is 5.85. The number of hydrogen-bond donors (Lipinski definition) is 0. The second-order valence-electron chi connectivity index (χ2n) is 10.2. The predicted molar refractivity (Wildman–Crippen MR) is 127 cm³/mol. The zero-order chi connectivity index (χ0) is 22.7. The van der Waals surface area contributed by atoms with Crippen molar-refractivity contribution < 1.29 is 13.2 Å². The fourth-order valence-electron chi connectivity index (χ4n) is 6.42. The Labute approximate surface area is 191 Å². The Bertz CT molecular complexity index is 961. The number of benzene rings is 2. The fraction of sp³-hybridized carbons (Fsp3) is 0.586. The van der Waals surface area contributed by atoms with Crippen LogP contribution in [0.5, 0.6) is 0 Å². The Morgan fingerprint density at radius 1 is 0.938 bits per heavy atom. The smallest absolute Gasteiger partial charge is 0.140 e. The zero-order valence-corrected chi connectivity index (χ0v) is 19.6. The maximum absolute atomic E-state index is 15.5. The van der Waals surface area contributed by atoms with Crippen LogP contribution in [0.2, 0.25) is 0 Å². The third kappa shape index (κ3) is 4.92. The maximum atomic E-state index is 15.5. The summed E-state index contributed by atoms with van der Waals surface area (Å²) in [4.78, 5) is 0. The second kappa shape index (κ2) is 10.4. The van der Waals surface area contributed by atoms with Gasteiger partial charge in [0.25, 0.3) is 0 Å². The standard InChI is InChI=1S/C29H37F3/c1-3-5-7-9-20-15-24-18-26(31)27(29(32)28(24)25(30)16-20)23-13-12-21-14-19(8-6-4-2)10-11-22(21)17-23/h3,5,15-16,18-19,21-23H,4,6-14,17H2,1-2H3/b5-3+/t19?,21-,22?,23-/m1/s1. The van der Waals surface area contributed by atoms with Crippen LogP contribution in [-0.4, -0.2) is 0 Å². The van der Waals surface area contributed by atoms with E-state index in [0.717, 1.165) is 37.2 Å². The van der Waals surface area contributed by atoms with Gasteiger partial charge in [0.15, 0.2) is 0 Å². The van der Waals surface area contributed by atoms with Crippen molar-refractivity contribution in [1.82, 2.24) is 0 Å². The molecule has 3 heteroatoms.